The predicted molar refractivity (Wildman–Crippen MR) is 131 cm³/mol. The van der Waals surface area contributed by atoms with Crippen LogP contribution in [0.3, 0.4) is 0 Å². The summed E-state index contributed by atoms with van der Waals surface area (Å²) in [4.78, 5) is 6.08. The summed E-state index contributed by atoms with van der Waals surface area (Å²) in [6.07, 6.45) is 0. The molecule has 1 aromatic heterocycles. The van der Waals surface area contributed by atoms with Crippen molar-refractivity contribution in [1.82, 2.24) is 15.5 Å². The molecule has 0 bridgehead atoms. The number of rotatable bonds is 4. The summed E-state index contributed by atoms with van der Waals surface area (Å²) in [5.41, 5.74) is 3.57. The van der Waals surface area contributed by atoms with Crippen molar-refractivity contribution in [3.8, 4) is 11.4 Å². The summed E-state index contributed by atoms with van der Waals surface area (Å²) >= 11 is 5.56. The number of allylic oxidation sites excluding steroid dienone is 1. The molecular formula is C26H19F3N4OS. The van der Waals surface area contributed by atoms with Gasteiger partial charge in [-0.05, 0) is 62.0 Å². The van der Waals surface area contributed by atoms with Gasteiger partial charge >= 0.3 is 0 Å². The summed E-state index contributed by atoms with van der Waals surface area (Å²) in [6.45, 7) is 3.69. The molecule has 35 heavy (non-hydrogen) atoms. The van der Waals surface area contributed by atoms with Crippen molar-refractivity contribution in [2.75, 3.05) is 4.90 Å². The second kappa shape index (κ2) is 8.99. The maximum Gasteiger partial charge on any atom is 0.258 e. The molecule has 5 nitrogen and oxygen atoms in total. The molecule has 0 aliphatic carbocycles. The highest BCUT2D eigenvalue weighted by Crippen LogP contribution is 2.39. The number of thiocarbonyl (C=S) groups is 1. The minimum absolute atomic E-state index is 0.171. The molecule has 1 aliphatic rings. The lowest BCUT2D eigenvalue weighted by molar-refractivity contribution is 0.404. The van der Waals surface area contributed by atoms with E-state index in [-0.39, 0.29) is 16.7 Å². The van der Waals surface area contributed by atoms with Gasteiger partial charge in [-0.15, -0.1) is 0 Å². The van der Waals surface area contributed by atoms with E-state index < -0.39 is 23.5 Å². The topological polar surface area (TPSA) is 54.2 Å². The molecule has 3 aromatic carbocycles. The number of hydrogen-bond acceptors (Lipinski definition) is 4. The van der Waals surface area contributed by atoms with E-state index >= 15 is 0 Å². The van der Waals surface area contributed by atoms with E-state index in [1.54, 1.807) is 19.1 Å². The van der Waals surface area contributed by atoms with Crippen LogP contribution in [0.25, 0.3) is 17.0 Å². The Kier molecular flexibility index (Phi) is 5.86. The van der Waals surface area contributed by atoms with Crippen LogP contribution >= 0.6 is 12.2 Å². The fourth-order valence-corrected chi connectivity index (χ4v) is 4.53. The van der Waals surface area contributed by atoms with Crippen molar-refractivity contribution in [3.63, 3.8) is 0 Å². The zero-order chi connectivity index (χ0) is 24.7. The van der Waals surface area contributed by atoms with E-state index in [1.165, 1.54) is 29.2 Å². The molecule has 1 N–H and O–H groups in total. The third kappa shape index (κ3) is 4.42. The second-order valence-electron chi connectivity index (χ2n) is 8.19. The molecule has 0 spiro atoms. The van der Waals surface area contributed by atoms with Crippen molar-refractivity contribution < 1.29 is 17.7 Å². The van der Waals surface area contributed by atoms with Gasteiger partial charge in [0.2, 0.25) is 5.82 Å². The quantitative estimate of drug-likeness (QED) is 0.336. The first kappa shape index (κ1) is 22.8. The molecule has 2 heterocycles. The number of aromatic nitrogens is 2. The van der Waals surface area contributed by atoms with Crippen molar-refractivity contribution in [2.24, 2.45) is 0 Å². The van der Waals surface area contributed by atoms with Crippen LogP contribution in [0.2, 0.25) is 0 Å². The van der Waals surface area contributed by atoms with Gasteiger partial charge in [0.15, 0.2) is 5.11 Å². The van der Waals surface area contributed by atoms with Crippen LogP contribution in [0.1, 0.15) is 30.0 Å². The number of halogens is 3. The first-order valence-corrected chi connectivity index (χ1v) is 11.1. The Morgan fingerprint density at radius 3 is 2.37 bits per heavy atom. The maximum absolute atomic E-state index is 14.1. The van der Waals surface area contributed by atoms with Gasteiger partial charge < -0.3 is 9.84 Å². The van der Waals surface area contributed by atoms with Crippen molar-refractivity contribution >= 4 is 28.6 Å². The molecule has 1 unspecified atom stereocenters. The maximum atomic E-state index is 14.1. The third-order valence-corrected chi connectivity index (χ3v) is 6.01. The molecule has 176 valence electrons. The Balaban J connectivity index is 1.68. The largest absolute Gasteiger partial charge is 0.351 e. The Hall–Kier alpha value is -3.98. The molecule has 0 radical (unpaired) electrons. The SMILES string of the molecule is CC1=C(c2nc(-c3cccc(C)c3)no2)C(c2cccc(F)c2)NC(=S)N1c1cc(F)cc(F)c1. The third-order valence-electron chi connectivity index (χ3n) is 5.71. The molecule has 1 aliphatic heterocycles. The van der Waals surface area contributed by atoms with Crippen LogP contribution in [0.5, 0.6) is 0 Å². The van der Waals surface area contributed by atoms with Gasteiger partial charge in [0.25, 0.3) is 5.89 Å². The smallest absolute Gasteiger partial charge is 0.258 e. The van der Waals surface area contributed by atoms with Gasteiger partial charge in [-0.2, -0.15) is 4.98 Å². The van der Waals surface area contributed by atoms with E-state index in [1.807, 2.05) is 31.2 Å². The van der Waals surface area contributed by atoms with E-state index in [0.29, 0.717) is 22.7 Å². The lowest BCUT2D eigenvalue weighted by atomic mass is 9.94. The lowest BCUT2D eigenvalue weighted by Gasteiger charge is -2.37. The van der Waals surface area contributed by atoms with Gasteiger partial charge in [0.1, 0.15) is 17.5 Å². The minimum atomic E-state index is -0.746. The molecule has 5 rings (SSSR count). The van der Waals surface area contributed by atoms with Gasteiger partial charge in [0, 0.05) is 17.3 Å². The number of benzene rings is 3. The number of hydrogen-bond donors (Lipinski definition) is 1. The normalized spacial score (nSPS) is 16.0. The fourth-order valence-electron chi connectivity index (χ4n) is 4.17. The minimum Gasteiger partial charge on any atom is -0.351 e. The Morgan fingerprint density at radius 1 is 0.914 bits per heavy atom. The molecular weight excluding hydrogens is 473 g/mol. The summed E-state index contributed by atoms with van der Waals surface area (Å²) < 4.78 is 47.8. The van der Waals surface area contributed by atoms with Crippen LogP contribution in [0.4, 0.5) is 18.9 Å². The number of anilines is 1. The lowest BCUT2D eigenvalue weighted by Crippen LogP contribution is -2.46. The monoisotopic (exact) mass is 492 g/mol. The molecule has 9 heteroatoms. The van der Waals surface area contributed by atoms with Crippen LogP contribution in [0.15, 0.2) is 77.0 Å². The summed E-state index contributed by atoms with van der Waals surface area (Å²) in [5.74, 6) is -1.37. The Morgan fingerprint density at radius 2 is 1.66 bits per heavy atom. The van der Waals surface area contributed by atoms with Crippen LogP contribution in [0, 0.1) is 24.4 Å². The summed E-state index contributed by atoms with van der Waals surface area (Å²) in [6, 6.07) is 16.2. The highest BCUT2D eigenvalue weighted by atomic mass is 32.1. The Bertz CT molecular complexity index is 1460. The molecule has 0 saturated heterocycles. The predicted octanol–water partition coefficient (Wildman–Crippen LogP) is 6.33. The van der Waals surface area contributed by atoms with Crippen LogP contribution in [-0.2, 0) is 0 Å². The van der Waals surface area contributed by atoms with Gasteiger partial charge in [-0.25, -0.2) is 13.2 Å². The highest BCUT2D eigenvalue weighted by Gasteiger charge is 2.35. The second-order valence-corrected chi connectivity index (χ2v) is 8.58. The average Bonchev–Trinajstić information content (AvgIpc) is 3.28. The number of nitrogens with one attached hydrogen (secondary N) is 1. The van der Waals surface area contributed by atoms with E-state index in [9.17, 15) is 13.2 Å². The zero-order valence-corrected chi connectivity index (χ0v) is 19.5. The van der Waals surface area contributed by atoms with E-state index in [4.69, 9.17) is 16.7 Å². The molecule has 0 saturated carbocycles. The molecule has 1 atom stereocenters. The summed E-state index contributed by atoms with van der Waals surface area (Å²) in [5, 5.41) is 7.46. The summed E-state index contributed by atoms with van der Waals surface area (Å²) in [7, 11) is 0. The number of nitrogens with zero attached hydrogens (tertiary/aromatic N) is 3. The van der Waals surface area contributed by atoms with Crippen molar-refractivity contribution in [1.29, 1.82) is 0 Å². The first-order chi connectivity index (χ1) is 16.8. The fraction of sp³-hybridized carbons (Fsp3) is 0.115. The van der Waals surface area contributed by atoms with Gasteiger partial charge in [0.05, 0.1) is 17.3 Å². The van der Waals surface area contributed by atoms with E-state index in [2.05, 4.69) is 15.5 Å². The van der Waals surface area contributed by atoms with E-state index in [0.717, 1.165) is 17.2 Å². The molecule has 4 aromatic rings. The van der Waals surface area contributed by atoms with Gasteiger partial charge in [-0.1, -0.05) is 41.1 Å². The molecule has 0 fully saturated rings. The highest BCUT2D eigenvalue weighted by molar-refractivity contribution is 7.80. The molecule has 0 amide bonds. The van der Waals surface area contributed by atoms with Crippen molar-refractivity contribution in [2.45, 2.75) is 19.9 Å². The van der Waals surface area contributed by atoms with Gasteiger partial charge in [-0.3, -0.25) is 4.90 Å². The van der Waals surface area contributed by atoms with Crippen LogP contribution in [-0.4, -0.2) is 15.3 Å². The first-order valence-electron chi connectivity index (χ1n) is 10.7. The number of aryl methyl sites for hydroxylation is 1. The average molecular weight is 493 g/mol. The Labute approximate surface area is 204 Å². The zero-order valence-electron chi connectivity index (χ0n) is 18.7. The van der Waals surface area contributed by atoms with Crippen LogP contribution < -0.4 is 10.2 Å². The van der Waals surface area contributed by atoms with Crippen molar-refractivity contribution in [3.05, 3.63) is 107 Å². The standard InChI is InChI=1S/C26H19F3N4OS/c1-14-5-3-7-17(9-14)24-31-25(34-32-24)22-15(2)33(21-12-19(28)11-20(29)13-21)26(35)30-23(22)16-6-4-8-18(27)10-16/h3-13,23H,1-2H3,(H,30,35).